The van der Waals surface area contributed by atoms with Crippen molar-refractivity contribution in [2.45, 2.75) is 51.0 Å². The van der Waals surface area contributed by atoms with Crippen LogP contribution in [0.4, 0.5) is 0 Å². The molecule has 0 radical (unpaired) electrons. The summed E-state index contributed by atoms with van der Waals surface area (Å²) >= 11 is 0. The van der Waals surface area contributed by atoms with E-state index in [2.05, 4.69) is 0 Å². The van der Waals surface area contributed by atoms with Crippen LogP contribution in [0.15, 0.2) is 11.6 Å². The number of rotatable bonds is 5. The van der Waals surface area contributed by atoms with E-state index in [4.69, 9.17) is 4.74 Å². The molecule has 126 valence electrons. The van der Waals surface area contributed by atoms with Gasteiger partial charge in [-0.1, -0.05) is 13.8 Å². The summed E-state index contributed by atoms with van der Waals surface area (Å²) in [4.78, 5) is 12.2. The van der Waals surface area contributed by atoms with E-state index in [0.29, 0.717) is 18.5 Å². The molecule has 0 unspecified atom stereocenters. The summed E-state index contributed by atoms with van der Waals surface area (Å²) in [5, 5.41) is 42.4. The highest BCUT2D eigenvalue weighted by Crippen LogP contribution is 2.36. The first-order chi connectivity index (χ1) is 10.1. The van der Waals surface area contributed by atoms with E-state index in [0.717, 1.165) is 0 Å². The fourth-order valence-electron chi connectivity index (χ4n) is 3.41. The van der Waals surface area contributed by atoms with Crippen LogP contribution in [0.1, 0.15) is 27.2 Å². The minimum Gasteiger partial charge on any atom is -0.632 e. The highest BCUT2D eigenvalue weighted by atomic mass is 16.6. The van der Waals surface area contributed by atoms with E-state index in [9.17, 15) is 25.3 Å². The Morgan fingerprint density at radius 1 is 1.55 bits per heavy atom. The molecule has 2 aliphatic heterocycles. The van der Waals surface area contributed by atoms with Crippen molar-refractivity contribution in [1.82, 2.24) is 0 Å². The lowest BCUT2D eigenvalue weighted by Gasteiger charge is -2.40. The average Bonchev–Trinajstić information content (AvgIpc) is 2.92. The van der Waals surface area contributed by atoms with Crippen LogP contribution in [0, 0.1) is 11.1 Å². The third-order valence-electron chi connectivity index (χ3n) is 4.93. The van der Waals surface area contributed by atoms with Gasteiger partial charge in [0, 0.05) is 12.0 Å². The molecule has 0 aliphatic carbocycles. The minimum absolute atomic E-state index is 0.148. The fraction of sp³-hybridized carbons (Fsp3) is 0.800. The molecule has 22 heavy (non-hydrogen) atoms. The number of esters is 1. The van der Waals surface area contributed by atoms with E-state index in [1.807, 2.05) is 0 Å². The molecule has 0 aromatic carbocycles. The lowest BCUT2D eigenvalue weighted by atomic mass is 9.85. The van der Waals surface area contributed by atoms with Crippen molar-refractivity contribution in [1.29, 1.82) is 0 Å². The molecule has 2 heterocycles. The fourth-order valence-corrected chi connectivity index (χ4v) is 3.41. The van der Waals surface area contributed by atoms with Gasteiger partial charge in [-0.05, 0) is 18.9 Å². The lowest BCUT2D eigenvalue weighted by Crippen LogP contribution is -2.53. The lowest BCUT2D eigenvalue weighted by molar-refractivity contribution is -0.877. The van der Waals surface area contributed by atoms with Gasteiger partial charge >= 0.3 is 5.97 Å². The Morgan fingerprint density at radius 2 is 2.18 bits per heavy atom. The number of aliphatic hydroxyl groups excluding tert-OH is 2. The van der Waals surface area contributed by atoms with Crippen LogP contribution in [0.2, 0.25) is 0 Å². The van der Waals surface area contributed by atoms with E-state index in [-0.39, 0.29) is 13.2 Å². The van der Waals surface area contributed by atoms with Crippen LogP contribution >= 0.6 is 0 Å². The molecule has 1 saturated heterocycles. The zero-order chi connectivity index (χ0) is 16.7. The highest BCUT2D eigenvalue weighted by Gasteiger charge is 2.49. The summed E-state index contributed by atoms with van der Waals surface area (Å²) in [5.41, 5.74) is -1.40. The molecule has 7 heteroatoms. The van der Waals surface area contributed by atoms with Crippen molar-refractivity contribution >= 4 is 5.97 Å². The summed E-state index contributed by atoms with van der Waals surface area (Å²) in [5.74, 6) is -1.44. The van der Waals surface area contributed by atoms with Crippen molar-refractivity contribution in [3.8, 4) is 0 Å². The van der Waals surface area contributed by atoms with Gasteiger partial charge in [0.2, 0.25) is 0 Å². The Bertz CT molecular complexity index is 467. The number of carbonyl (C=O) groups is 1. The van der Waals surface area contributed by atoms with Gasteiger partial charge in [0.15, 0.2) is 5.60 Å². The minimum atomic E-state index is -1.99. The van der Waals surface area contributed by atoms with Gasteiger partial charge in [-0.15, -0.1) is 0 Å². The molecule has 0 aromatic heterocycles. The van der Waals surface area contributed by atoms with Crippen LogP contribution in [-0.4, -0.2) is 69.5 Å². The Hall–Kier alpha value is -0.990. The van der Waals surface area contributed by atoms with Gasteiger partial charge in [0.05, 0.1) is 19.2 Å². The van der Waals surface area contributed by atoms with Gasteiger partial charge in [-0.25, -0.2) is 4.79 Å². The third-order valence-corrected chi connectivity index (χ3v) is 4.93. The van der Waals surface area contributed by atoms with Crippen molar-refractivity contribution in [2.75, 3.05) is 19.7 Å². The van der Waals surface area contributed by atoms with E-state index in [1.165, 1.54) is 6.92 Å². The molecule has 1 fully saturated rings. The molecule has 0 bridgehead atoms. The number of hydrogen-bond acceptors (Lipinski definition) is 6. The Morgan fingerprint density at radius 3 is 2.73 bits per heavy atom. The molecule has 0 aromatic rings. The number of hydroxylamine groups is 3. The average molecular weight is 315 g/mol. The smallest absolute Gasteiger partial charge is 0.341 e. The van der Waals surface area contributed by atoms with Gasteiger partial charge in [-0.2, -0.15) is 0 Å². The normalized spacial score (nSPS) is 35.0. The second-order valence-electron chi connectivity index (χ2n) is 6.67. The predicted molar refractivity (Wildman–Crippen MR) is 78.3 cm³/mol. The molecule has 2 rings (SSSR count). The largest absolute Gasteiger partial charge is 0.632 e. The van der Waals surface area contributed by atoms with Crippen molar-refractivity contribution in [3.63, 3.8) is 0 Å². The number of ether oxygens (including phenoxy) is 1. The Labute approximate surface area is 130 Å². The molecule has 3 N–H and O–H groups in total. The van der Waals surface area contributed by atoms with E-state index in [1.54, 1.807) is 19.9 Å². The number of hydrogen-bond donors (Lipinski definition) is 3. The molecular weight excluding hydrogens is 290 g/mol. The summed E-state index contributed by atoms with van der Waals surface area (Å²) < 4.78 is 4.64. The molecule has 5 atom stereocenters. The quantitative estimate of drug-likeness (QED) is 0.278. The van der Waals surface area contributed by atoms with Gasteiger partial charge in [0.1, 0.15) is 18.8 Å². The maximum Gasteiger partial charge on any atom is 0.341 e. The van der Waals surface area contributed by atoms with Crippen molar-refractivity contribution in [2.24, 2.45) is 5.92 Å². The second-order valence-corrected chi connectivity index (χ2v) is 6.67. The zero-order valence-electron chi connectivity index (χ0n) is 13.2. The zero-order valence-corrected chi connectivity index (χ0v) is 13.2. The summed E-state index contributed by atoms with van der Waals surface area (Å²) in [7, 11) is 0. The van der Waals surface area contributed by atoms with Crippen LogP contribution in [-0.2, 0) is 9.53 Å². The molecule has 0 amide bonds. The van der Waals surface area contributed by atoms with Gasteiger partial charge in [0.25, 0.3) is 0 Å². The molecule has 0 spiro atoms. The maximum absolute atomic E-state index is 12.4. The molecule has 7 nitrogen and oxygen atoms in total. The summed E-state index contributed by atoms with van der Waals surface area (Å²) in [6.07, 6.45) is 0.127. The van der Waals surface area contributed by atoms with E-state index >= 15 is 0 Å². The number of aliphatic hydroxyl groups is 3. The molecule has 0 saturated carbocycles. The van der Waals surface area contributed by atoms with Gasteiger partial charge < -0.3 is 29.9 Å². The van der Waals surface area contributed by atoms with Gasteiger partial charge in [-0.3, -0.25) is 0 Å². The first-order valence-electron chi connectivity index (χ1n) is 7.65. The topological polar surface area (TPSA) is 110 Å². The number of nitrogens with zero attached hydrogens (tertiary/aromatic N) is 1. The second kappa shape index (κ2) is 5.90. The van der Waals surface area contributed by atoms with Crippen molar-refractivity contribution in [3.05, 3.63) is 16.9 Å². The Balaban J connectivity index is 2.03. The van der Waals surface area contributed by atoms with Crippen LogP contribution < -0.4 is 0 Å². The third kappa shape index (κ3) is 2.68. The highest BCUT2D eigenvalue weighted by molar-refractivity contribution is 5.80. The standard InChI is InChI=1S/C15H25NO6/c1-9(2)15(20,10(3)17)14(19)22-8-11-4-6-16(21)7-5-12(18)13(11)16/h4,9-10,12-13,17-18,20H,5-8H2,1-3H3/t10-,12-,13-,15+,16-/m0/s1. The molecule has 2 aliphatic rings. The van der Waals surface area contributed by atoms with Crippen LogP contribution in [0.25, 0.3) is 0 Å². The predicted octanol–water partition coefficient (Wildman–Crippen LogP) is -0.315. The number of carbonyl (C=O) groups excluding carboxylic acids is 1. The number of quaternary nitrogens is 1. The van der Waals surface area contributed by atoms with Crippen molar-refractivity contribution < 1.29 is 29.5 Å². The van der Waals surface area contributed by atoms with Crippen LogP contribution in [0.5, 0.6) is 0 Å². The summed E-state index contributed by atoms with van der Waals surface area (Å²) in [6.45, 7) is 5.02. The summed E-state index contributed by atoms with van der Waals surface area (Å²) in [6, 6.07) is -0.591. The van der Waals surface area contributed by atoms with E-state index < -0.39 is 40.4 Å². The van der Waals surface area contributed by atoms with Crippen LogP contribution in [0.3, 0.4) is 0 Å². The number of fused-ring (bicyclic) bond motifs is 1. The Kier molecular flexibility index (Phi) is 4.66. The monoisotopic (exact) mass is 315 g/mol. The first-order valence-corrected chi connectivity index (χ1v) is 7.65. The SMILES string of the molecule is CC(C)[C@](O)(C(=O)OCC1=CC[N@+]2([O-])CC[C@H](O)[C@H]12)[C@H](C)O. The molecular formula is C15H25NO6. The maximum atomic E-state index is 12.4. The first kappa shape index (κ1) is 17.4.